The number of hydrogen-bond donors (Lipinski definition) is 1. The van der Waals surface area contributed by atoms with E-state index in [1.165, 1.54) is 35.8 Å². The van der Waals surface area contributed by atoms with Gasteiger partial charge in [0.25, 0.3) is 0 Å². The van der Waals surface area contributed by atoms with E-state index in [2.05, 4.69) is 60.6 Å². The fourth-order valence-electron chi connectivity index (χ4n) is 3.90. The molecule has 1 N–H and O–H groups in total. The molecule has 0 radical (unpaired) electrons. The lowest BCUT2D eigenvalue weighted by molar-refractivity contribution is -0.113. The maximum absolute atomic E-state index is 12.9. The fraction of sp³-hybridized carbons (Fsp3) is 0.286. The highest BCUT2D eigenvalue weighted by atomic mass is 35.5. The molecule has 2 aromatic carbocycles. The number of aromatic nitrogens is 3. The quantitative estimate of drug-likeness (QED) is 0.179. The molecule has 0 saturated heterocycles. The van der Waals surface area contributed by atoms with Gasteiger partial charge in [-0.1, -0.05) is 80.5 Å². The summed E-state index contributed by atoms with van der Waals surface area (Å²) < 4.78 is 6.99. The van der Waals surface area contributed by atoms with E-state index in [0.29, 0.717) is 32.9 Å². The van der Waals surface area contributed by atoms with E-state index in [-0.39, 0.29) is 17.1 Å². The van der Waals surface area contributed by atoms with Crippen molar-refractivity contribution in [1.29, 1.82) is 0 Å². The molecule has 198 valence electrons. The van der Waals surface area contributed by atoms with Gasteiger partial charge in [-0.05, 0) is 35.6 Å². The molecule has 7 nitrogen and oxygen atoms in total. The Kier molecular flexibility index (Phi) is 8.60. The molecular weight excluding hydrogens is 540 g/mol. The summed E-state index contributed by atoms with van der Waals surface area (Å²) in [7, 11) is 1.32. The minimum atomic E-state index is -0.521. The summed E-state index contributed by atoms with van der Waals surface area (Å²) >= 11 is 8.58. The van der Waals surface area contributed by atoms with Crippen molar-refractivity contribution in [1.82, 2.24) is 14.8 Å². The van der Waals surface area contributed by atoms with Crippen LogP contribution in [-0.4, -0.2) is 39.5 Å². The Bertz CT molecular complexity index is 1440. The molecule has 0 spiro atoms. The van der Waals surface area contributed by atoms with Crippen molar-refractivity contribution in [2.45, 2.75) is 44.8 Å². The number of rotatable bonds is 8. The summed E-state index contributed by atoms with van der Waals surface area (Å²) in [5, 5.41) is 15.1. The molecule has 0 bridgehead atoms. The van der Waals surface area contributed by atoms with Crippen LogP contribution in [0.25, 0.3) is 22.5 Å². The van der Waals surface area contributed by atoms with Crippen LogP contribution < -0.4 is 5.32 Å². The van der Waals surface area contributed by atoms with Crippen LogP contribution in [0.15, 0.2) is 59.1 Å². The van der Waals surface area contributed by atoms with Crippen LogP contribution >= 0.6 is 34.7 Å². The van der Waals surface area contributed by atoms with Gasteiger partial charge in [0, 0.05) is 28.1 Å². The summed E-state index contributed by atoms with van der Waals surface area (Å²) in [5.41, 5.74) is 4.08. The number of thioether (sulfide) groups is 1. The van der Waals surface area contributed by atoms with Crippen LogP contribution in [0.2, 0.25) is 5.02 Å². The number of amides is 1. The third-order valence-electron chi connectivity index (χ3n) is 5.96. The fourth-order valence-corrected chi connectivity index (χ4v) is 5.80. The van der Waals surface area contributed by atoms with Crippen molar-refractivity contribution in [3.8, 4) is 22.5 Å². The van der Waals surface area contributed by atoms with Crippen molar-refractivity contribution in [2.75, 3.05) is 18.2 Å². The number of methoxy groups -OCH3 is 1. The highest BCUT2D eigenvalue weighted by Crippen LogP contribution is 2.37. The lowest BCUT2D eigenvalue weighted by Crippen LogP contribution is -2.16. The molecule has 4 aromatic rings. The van der Waals surface area contributed by atoms with E-state index < -0.39 is 5.97 Å². The molecule has 4 rings (SSSR count). The normalized spacial score (nSPS) is 11.4. The Morgan fingerprint density at radius 1 is 1.05 bits per heavy atom. The first-order valence-electron chi connectivity index (χ1n) is 12.0. The van der Waals surface area contributed by atoms with E-state index in [9.17, 15) is 9.59 Å². The molecule has 1 amide bonds. The monoisotopic (exact) mass is 568 g/mol. The first-order valence-corrected chi connectivity index (χ1v) is 14.3. The van der Waals surface area contributed by atoms with Crippen LogP contribution in [0.3, 0.4) is 0 Å². The van der Waals surface area contributed by atoms with Gasteiger partial charge in [-0.2, -0.15) is 0 Å². The Labute approximate surface area is 235 Å². The van der Waals surface area contributed by atoms with Gasteiger partial charge in [0.05, 0.1) is 12.9 Å². The van der Waals surface area contributed by atoms with E-state index in [1.54, 1.807) is 12.1 Å². The number of carbonyl (C=O) groups is 2. The summed E-state index contributed by atoms with van der Waals surface area (Å²) in [5.74, 6) is 0.0868. The lowest BCUT2D eigenvalue weighted by Gasteiger charge is -2.19. The van der Waals surface area contributed by atoms with E-state index in [4.69, 9.17) is 16.3 Å². The third kappa shape index (κ3) is 6.11. The Hall–Kier alpha value is -3.14. The zero-order valence-corrected chi connectivity index (χ0v) is 24.3. The molecule has 0 aliphatic heterocycles. The van der Waals surface area contributed by atoms with Crippen LogP contribution in [0.5, 0.6) is 0 Å². The topological polar surface area (TPSA) is 86.1 Å². The van der Waals surface area contributed by atoms with Gasteiger partial charge in [0.1, 0.15) is 10.6 Å². The first kappa shape index (κ1) is 27.9. The molecule has 2 aromatic heterocycles. The van der Waals surface area contributed by atoms with Crippen molar-refractivity contribution < 1.29 is 14.3 Å². The van der Waals surface area contributed by atoms with E-state index in [1.807, 2.05) is 29.0 Å². The Morgan fingerprint density at radius 3 is 2.32 bits per heavy atom. The predicted molar refractivity (Wildman–Crippen MR) is 155 cm³/mol. The van der Waals surface area contributed by atoms with Gasteiger partial charge < -0.3 is 14.6 Å². The molecule has 0 aliphatic carbocycles. The van der Waals surface area contributed by atoms with Crippen LogP contribution in [0.4, 0.5) is 5.00 Å². The number of carbonyl (C=O) groups excluding carboxylic acids is 2. The number of ether oxygens (including phenoxy) is 1. The molecule has 0 unspecified atom stereocenters. The van der Waals surface area contributed by atoms with Gasteiger partial charge >= 0.3 is 5.97 Å². The van der Waals surface area contributed by atoms with Crippen LogP contribution in [0, 0.1) is 0 Å². The molecule has 0 saturated carbocycles. The highest BCUT2D eigenvalue weighted by Gasteiger charge is 2.23. The largest absolute Gasteiger partial charge is 0.465 e. The average molecular weight is 569 g/mol. The number of nitrogens with zero attached hydrogens (tertiary/aromatic N) is 3. The molecule has 38 heavy (non-hydrogen) atoms. The summed E-state index contributed by atoms with van der Waals surface area (Å²) in [6.45, 7) is 9.22. The molecule has 10 heteroatoms. The number of esters is 1. The molecule has 0 fully saturated rings. The number of thiophene rings is 1. The van der Waals surface area contributed by atoms with Crippen LogP contribution in [0.1, 0.15) is 43.6 Å². The van der Waals surface area contributed by atoms with Crippen molar-refractivity contribution >= 4 is 51.6 Å². The summed E-state index contributed by atoms with van der Waals surface area (Å²) in [4.78, 5) is 25.5. The van der Waals surface area contributed by atoms with Gasteiger partial charge in [0.15, 0.2) is 11.0 Å². The standard InChI is InChI=1S/C28H29ClN4O3S2/c1-6-33-24(18-7-11-19(12-8-18)28(2,3)4)31-32-27(33)38-16-22(34)30-25-23(26(35)36-5)21(15-37-25)17-9-13-20(29)14-10-17/h7-15H,6,16H2,1-5H3,(H,30,34). The average Bonchev–Trinajstić information content (AvgIpc) is 3.51. The number of halogens is 1. The molecular formula is C28H29ClN4O3S2. The molecule has 0 atom stereocenters. The number of anilines is 1. The van der Waals surface area contributed by atoms with Gasteiger partial charge in [-0.15, -0.1) is 21.5 Å². The minimum Gasteiger partial charge on any atom is -0.465 e. The zero-order chi connectivity index (χ0) is 27.4. The van der Waals surface area contributed by atoms with E-state index >= 15 is 0 Å². The van der Waals surface area contributed by atoms with Crippen molar-refractivity contribution in [3.63, 3.8) is 0 Å². The van der Waals surface area contributed by atoms with Gasteiger partial charge in [-0.3, -0.25) is 4.79 Å². The summed E-state index contributed by atoms with van der Waals surface area (Å²) in [6, 6.07) is 15.5. The smallest absolute Gasteiger partial charge is 0.341 e. The second kappa shape index (κ2) is 11.7. The SMILES string of the molecule is CCn1c(SCC(=O)Nc2scc(-c3ccc(Cl)cc3)c2C(=O)OC)nnc1-c1ccc(C(C)(C)C)cc1. The predicted octanol–water partition coefficient (Wildman–Crippen LogP) is 7.16. The van der Waals surface area contributed by atoms with Gasteiger partial charge in [-0.25, -0.2) is 4.79 Å². The van der Waals surface area contributed by atoms with Crippen molar-refractivity contribution in [3.05, 3.63) is 70.1 Å². The number of nitrogens with one attached hydrogen (secondary N) is 1. The number of hydrogen-bond acceptors (Lipinski definition) is 7. The third-order valence-corrected chi connectivity index (χ3v) is 8.08. The lowest BCUT2D eigenvalue weighted by atomic mass is 9.87. The summed E-state index contributed by atoms with van der Waals surface area (Å²) in [6.07, 6.45) is 0. The van der Waals surface area contributed by atoms with E-state index in [0.717, 1.165) is 17.0 Å². The highest BCUT2D eigenvalue weighted by molar-refractivity contribution is 7.99. The second-order valence-corrected chi connectivity index (χ2v) is 11.8. The molecule has 0 aliphatic rings. The number of benzene rings is 2. The maximum Gasteiger partial charge on any atom is 0.341 e. The second-order valence-electron chi connectivity index (χ2n) is 9.57. The van der Waals surface area contributed by atoms with Crippen LogP contribution in [-0.2, 0) is 21.5 Å². The van der Waals surface area contributed by atoms with Crippen molar-refractivity contribution in [2.24, 2.45) is 0 Å². The maximum atomic E-state index is 12.9. The van der Waals surface area contributed by atoms with Gasteiger partial charge in [0.2, 0.25) is 5.91 Å². The Balaban J connectivity index is 1.49. The Morgan fingerprint density at radius 2 is 1.71 bits per heavy atom. The first-order chi connectivity index (χ1) is 18.1. The molecule has 2 heterocycles. The zero-order valence-electron chi connectivity index (χ0n) is 21.9. The minimum absolute atomic E-state index is 0.0667.